The molecule has 26 heavy (non-hydrogen) atoms. The first-order chi connectivity index (χ1) is 12.2. The summed E-state index contributed by atoms with van der Waals surface area (Å²) in [6.45, 7) is 10.4. The topological polar surface area (TPSA) is 99.5 Å². The van der Waals surface area contributed by atoms with Crippen LogP contribution in [0.2, 0.25) is 0 Å². The lowest BCUT2D eigenvalue weighted by Crippen LogP contribution is -2.34. The van der Waals surface area contributed by atoms with Crippen LogP contribution in [0.25, 0.3) is 0 Å². The van der Waals surface area contributed by atoms with Crippen molar-refractivity contribution in [3.05, 3.63) is 25.3 Å². The third kappa shape index (κ3) is 8.57. The molecule has 0 aromatic carbocycles. The van der Waals surface area contributed by atoms with Crippen LogP contribution in [0, 0.1) is 23.7 Å². The molecule has 2 N–H and O–H groups in total. The third-order valence-corrected chi connectivity index (χ3v) is 4.26. The Bertz CT molecular complexity index is 403. The summed E-state index contributed by atoms with van der Waals surface area (Å²) in [5.41, 5.74) is 0. The molecule has 0 bridgehead atoms. The van der Waals surface area contributed by atoms with E-state index in [-0.39, 0.29) is 48.7 Å². The fourth-order valence-electron chi connectivity index (χ4n) is 1.99. The fraction of sp³-hybridized carbons (Fsp3) is 0.667. The number of rotatable bonds is 10. The number of amides is 2. The van der Waals surface area contributed by atoms with Crippen molar-refractivity contribution in [1.29, 1.82) is 0 Å². The number of aliphatic hydroxyl groups is 2. The van der Waals surface area contributed by atoms with Gasteiger partial charge in [0, 0.05) is 37.8 Å². The second-order valence-electron chi connectivity index (χ2n) is 5.78. The van der Waals surface area contributed by atoms with Crippen molar-refractivity contribution in [3.8, 4) is 0 Å². The number of carbonyl (C=O) groups is 2. The molecule has 0 spiro atoms. The van der Waals surface area contributed by atoms with Gasteiger partial charge >= 0.3 is 0 Å². The molecular weight excluding hydrogens is 340 g/mol. The van der Waals surface area contributed by atoms with E-state index in [2.05, 4.69) is 13.2 Å². The maximum Gasteiger partial charge on any atom is 0.249 e. The number of hydrogen-bond donors (Lipinski definition) is 2. The molecule has 0 aliphatic rings. The molecule has 8 nitrogen and oxygen atoms in total. The van der Waals surface area contributed by atoms with Crippen molar-refractivity contribution in [1.82, 2.24) is 10.1 Å². The molecule has 8 heteroatoms. The average Bonchev–Trinajstić information content (AvgIpc) is 2.67. The van der Waals surface area contributed by atoms with E-state index in [1.807, 2.05) is 0 Å². The van der Waals surface area contributed by atoms with Crippen molar-refractivity contribution in [2.75, 3.05) is 41.5 Å². The maximum atomic E-state index is 11.5. The molecule has 0 saturated heterocycles. The minimum atomic E-state index is -0.313. The molecule has 4 atom stereocenters. The number of carbonyl (C=O) groups excluding carboxylic acids is 2. The number of hydroxylamine groups is 4. The van der Waals surface area contributed by atoms with E-state index in [4.69, 9.17) is 19.9 Å². The van der Waals surface area contributed by atoms with Crippen molar-refractivity contribution in [3.63, 3.8) is 0 Å². The molecule has 0 rings (SSSR count). The van der Waals surface area contributed by atoms with Crippen molar-refractivity contribution >= 4 is 11.8 Å². The minimum absolute atomic E-state index is 0.0754. The molecule has 0 saturated carbocycles. The Labute approximate surface area is 156 Å². The van der Waals surface area contributed by atoms with Gasteiger partial charge in [0.1, 0.15) is 0 Å². The van der Waals surface area contributed by atoms with Crippen LogP contribution in [-0.2, 0) is 19.3 Å². The van der Waals surface area contributed by atoms with Gasteiger partial charge in [-0.15, -0.1) is 13.2 Å². The molecule has 0 fully saturated rings. The van der Waals surface area contributed by atoms with E-state index in [0.717, 1.165) is 10.1 Å². The van der Waals surface area contributed by atoms with Crippen LogP contribution in [0.5, 0.6) is 0 Å². The van der Waals surface area contributed by atoms with Crippen LogP contribution >= 0.6 is 0 Å². The summed E-state index contributed by atoms with van der Waals surface area (Å²) in [7, 11) is 5.92. The van der Waals surface area contributed by atoms with E-state index in [9.17, 15) is 9.59 Å². The Morgan fingerprint density at radius 2 is 1.15 bits per heavy atom. The Hall–Kier alpha value is -1.74. The normalized spacial score (nSPS) is 14.8. The Morgan fingerprint density at radius 1 is 0.885 bits per heavy atom. The second-order valence-corrected chi connectivity index (χ2v) is 5.78. The molecule has 0 radical (unpaired) electrons. The van der Waals surface area contributed by atoms with E-state index < -0.39 is 0 Å². The van der Waals surface area contributed by atoms with E-state index in [1.54, 1.807) is 26.0 Å². The van der Waals surface area contributed by atoms with Gasteiger partial charge in [0.2, 0.25) is 11.8 Å². The van der Waals surface area contributed by atoms with Crippen LogP contribution < -0.4 is 0 Å². The van der Waals surface area contributed by atoms with Gasteiger partial charge in [-0.05, 0) is 0 Å². The van der Waals surface area contributed by atoms with E-state index >= 15 is 0 Å². The SMILES string of the molecule is C=C[C@@H](CO)[C@@H](C)C(=O)N(C)OC.C=C[C@H](CO)[C@H](C)C(=O)N(C)OC. The molecule has 0 aliphatic heterocycles. The molecule has 152 valence electrons. The first kappa shape index (κ1) is 26.5. The summed E-state index contributed by atoms with van der Waals surface area (Å²) in [6, 6.07) is 0. The largest absolute Gasteiger partial charge is 0.396 e. The van der Waals surface area contributed by atoms with E-state index in [0.29, 0.717) is 0 Å². The third-order valence-electron chi connectivity index (χ3n) is 4.26. The summed E-state index contributed by atoms with van der Waals surface area (Å²) in [4.78, 5) is 32.4. The predicted molar refractivity (Wildman–Crippen MR) is 99.4 cm³/mol. The number of aliphatic hydroxyl groups excluding tert-OH is 2. The lowest BCUT2D eigenvalue weighted by molar-refractivity contribution is -0.174. The van der Waals surface area contributed by atoms with Crippen LogP contribution in [0.4, 0.5) is 0 Å². The van der Waals surface area contributed by atoms with Gasteiger partial charge in [-0.1, -0.05) is 26.0 Å². The molecular formula is C18H34N2O6. The summed E-state index contributed by atoms with van der Waals surface area (Å²) >= 11 is 0. The Kier molecular flexibility index (Phi) is 14.7. The monoisotopic (exact) mass is 374 g/mol. The zero-order valence-electron chi connectivity index (χ0n) is 16.7. The van der Waals surface area contributed by atoms with Crippen molar-refractivity contribution < 1.29 is 29.5 Å². The van der Waals surface area contributed by atoms with Crippen LogP contribution in [0.15, 0.2) is 25.3 Å². The van der Waals surface area contributed by atoms with Crippen LogP contribution in [-0.4, -0.2) is 73.7 Å². The number of hydrogen-bond acceptors (Lipinski definition) is 6. The summed E-state index contributed by atoms with van der Waals surface area (Å²) in [5.74, 6) is -1.39. The highest BCUT2D eigenvalue weighted by Crippen LogP contribution is 2.15. The quantitative estimate of drug-likeness (QED) is 0.435. The summed E-state index contributed by atoms with van der Waals surface area (Å²) < 4.78 is 0. The molecule has 0 aromatic rings. The molecule has 0 unspecified atom stereocenters. The lowest BCUT2D eigenvalue weighted by atomic mass is 9.94. The maximum absolute atomic E-state index is 11.5. The van der Waals surface area contributed by atoms with Gasteiger partial charge in [-0.25, -0.2) is 10.1 Å². The van der Waals surface area contributed by atoms with Gasteiger partial charge in [-0.3, -0.25) is 19.3 Å². The highest BCUT2D eigenvalue weighted by atomic mass is 16.7. The molecule has 2 amide bonds. The lowest BCUT2D eigenvalue weighted by Gasteiger charge is -2.22. The summed E-state index contributed by atoms with van der Waals surface area (Å²) in [5, 5.41) is 20.1. The van der Waals surface area contributed by atoms with Gasteiger partial charge in [-0.2, -0.15) is 0 Å². The Balaban J connectivity index is 0. The van der Waals surface area contributed by atoms with Crippen LogP contribution in [0.1, 0.15) is 13.8 Å². The van der Waals surface area contributed by atoms with Gasteiger partial charge in [0.25, 0.3) is 0 Å². The van der Waals surface area contributed by atoms with Gasteiger partial charge in [0.05, 0.1) is 27.4 Å². The zero-order chi connectivity index (χ0) is 20.9. The second kappa shape index (κ2) is 14.4. The minimum Gasteiger partial charge on any atom is -0.396 e. The molecule has 0 aliphatic carbocycles. The molecule has 0 heterocycles. The summed E-state index contributed by atoms with van der Waals surface area (Å²) in [6.07, 6.45) is 3.15. The van der Waals surface area contributed by atoms with Gasteiger partial charge < -0.3 is 10.2 Å². The highest BCUT2D eigenvalue weighted by molar-refractivity contribution is 5.78. The standard InChI is InChI=1S/2C9H17NO3/c2*1-5-8(6-11)7(2)9(12)10(3)13-4/h2*5,7-8,11H,1,6H2,2-4H3/t2*7-,8+/m10/s1. The van der Waals surface area contributed by atoms with Crippen molar-refractivity contribution in [2.45, 2.75) is 13.8 Å². The highest BCUT2D eigenvalue weighted by Gasteiger charge is 2.24. The fourth-order valence-corrected chi connectivity index (χ4v) is 1.99. The predicted octanol–water partition coefficient (Wildman–Crippen LogP) is 0.874. The van der Waals surface area contributed by atoms with E-state index in [1.165, 1.54) is 28.3 Å². The Morgan fingerprint density at radius 3 is 1.31 bits per heavy atom. The number of nitrogens with zero attached hydrogens (tertiary/aromatic N) is 2. The molecule has 0 aromatic heterocycles. The smallest absolute Gasteiger partial charge is 0.249 e. The van der Waals surface area contributed by atoms with Crippen molar-refractivity contribution in [2.24, 2.45) is 23.7 Å². The first-order valence-electron chi connectivity index (χ1n) is 8.26. The van der Waals surface area contributed by atoms with Gasteiger partial charge in [0.15, 0.2) is 0 Å². The first-order valence-corrected chi connectivity index (χ1v) is 8.26. The zero-order valence-corrected chi connectivity index (χ0v) is 16.7. The van der Waals surface area contributed by atoms with Crippen LogP contribution in [0.3, 0.4) is 0 Å². The average molecular weight is 374 g/mol.